The van der Waals surface area contributed by atoms with Crippen molar-refractivity contribution >= 4 is 22.6 Å². The lowest BCUT2D eigenvalue weighted by atomic mass is 10.2. The van der Waals surface area contributed by atoms with Crippen LogP contribution < -0.4 is 10.9 Å². The van der Waals surface area contributed by atoms with E-state index < -0.39 is 0 Å². The highest BCUT2D eigenvalue weighted by molar-refractivity contribution is 6.02. The number of unbranched alkanes of at least 4 members (excludes halogenated alkanes) is 1. The Morgan fingerprint density at radius 1 is 1.03 bits per heavy atom. The number of hydrogen-bond acceptors (Lipinski definition) is 4. The van der Waals surface area contributed by atoms with Crippen LogP contribution in [0.15, 0.2) is 71.8 Å². The Morgan fingerprint density at radius 2 is 1.83 bits per heavy atom. The fourth-order valence-electron chi connectivity index (χ4n) is 3.10. The van der Waals surface area contributed by atoms with Gasteiger partial charge in [0.05, 0.1) is 11.0 Å². The van der Waals surface area contributed by atoms with Crippen LogP contribution in [0.1, 0.15) is 30.3 Å². The Morgan fingerprint density at radius 3 is 2.62 bits per heavy atom. The van der Waals surface area contributed by atoms with Crippen molar-refractivity contribution in [2.24, 2.45) is 0 Å². The van der Waals surface area contributed by atoms with Gasteiger partial charge in [-0.2, -0.15) is 5.10 Å². The molecule has 7 nitrogen and oxygen atoms in total. The second kappa shape index (κ2) is 8.10. The molecule has 7 heteroatoms. The van der Waals surface area contributed by atoms with Gasteiger partial charge in [0.1, 0.15) is 12.0 Å². The van der Waals surface area contributed by atoms with E-state index >= 15 is 0 Å². The Bertz CT molecular complexity index is 1210. The van der Waals surface area contributed by atoms with Crippen LogP contribution in [0.4, 0.5) is 5.69 Å². The molecule has 4 rings (SSSR count). The molecule has 0 aliphatic heterocycles. The molecular weight excluding hydrogens is 366 g/mol. The van der Waals surface area contributed by atoms with Gasteiger partial charge in [-0.1, -0.05) is 25.5 Å². The average Bonchev–Trinajstić information content (AvgIpc) is 3.18. The maximum atomic E-state index is 12.5. The molecule has 2 aromatic heterocycles. The molecule has 0 bridgehead atoms. The number of carbonyl (C=O) groups excluding carboxylic acids is 1. The minimum Gasteiger partial charge on any atom is -0.321 e. The van der Waals surface area contributed by atoms with Gasteiger partial charge in [0.2, 0.25) is 0 Å². The van der Waals surface area contributed by atoms with Crippen LogP contribution in [-0.2, 0) is 6.54 Å². The summed E-state index contributed by atoms with van der Waals surface area (Å²) >= 11 is 0. The third-order valence-corrected chi connectivity index (χ3v) is 4.68. The first-order chi connectivity index (χ1) is 14.2. The monoisotopic (exact) mass is 387 g/mol. The first kappa shape index (κ1) is 18.6. The summed E-state index contributed by atoms with van der Waals surface area (Å²) in [6.45, 7) is 2.54. The molecule has 4 aromatic rings. The molecule has 0 unspecified atom stereocenters. The standard InChI is InChI=1S/C22H21N5O2/c1-2-3-14-27-21(28)13-12-19(25-27)22(29)24-16-8-10-17(11-9-16)26-15-23-18-6-4-5-7-20(18)26/h4-13,15H,2-3,14H2,1H3,(H,24,29). The summed E-state index contributed by atoms with van der Waals surface area (Å²) in [6, 6.07) is 18.2. The first-order valence-electron chi connectivity index (χ1n) is 9.58. The molecule has 1 amide bonds. The summed E-state index contributed by atoms with van der Waals surface area (Å²) in [5.74, 6) is -0.351. The third kappa shape index (κ3) is 3.94. The van der Waals surface area contributed by atoms with Crippen molar-refractivity contribution in [1.29, 1.82) is 0 Å². The number of benzene rings is 2. The number of nitrogens with zero attached hydrogens (tertiary/aromatic N) is 4. The molecule has 146 valence electrons. The number of amides is 1. The zero-order valence-electron chi connectivity index (χ0n) is 16.1. The second-order valence-corrected chi connectivity index (χ2v) is 6.74. The van der Waals surface area contributed by atoms with Gasteiger partial charge in [-0.25, -0.2) is 9.67 Å². The largest absolute Gasteiger partial charge is 0.321 e. The van der Waals surface area contributed by atoms with E-state index in [0.717, 1.165) is 29.6 Å². The predicted molar refractivity (Wildman–Crippen MR) is 112 cm³/mol. The van der Waals surface area contributed by atoms with E-state index in [9.17, 15) is 9.59 Å². The highest BCUT2D eigenvalue weighted by Gasteiger charge is 2.11. The van der Waals surface area contributed by atoms with Crippen LogP contribution >= 0.6 is 0 Å². The Labute approximate surface area is 167 Å². The lowest BCUT2D eigenvalue weighted by molar-refractivity contribution is 0.101. The molecule has 1 N–H and O–H groups in total. The van der Waals surface area contributed by atoms with Gasteiger partial charge in [-0.15, -0.1) is 0 Å². The summed E-state index contributed by atoms with van der Waals surface area (Å²) in [7, 11) is 0. The number of hydrogen-bond donors (Lipinski definition) is 1. The van der Waals surface area contributed by atoms with Crippen LogP contribution in [0.5, 0.6) is 0 Å². The number of aromatic nitrogens is 4. The van der Waals surface area contributed by atoms with Crippen molar-refractivity contribution < 1.29 is 4.79 Å². The molecule has 0 saturated heterocycles. The van der Waals surface area contributed by atoms with Crippen molar-refractivity contribution in [2.75, 3.05) is 5.32 Å². The first-order valence-corrected chi connectivity index (χ1v) is 9.58. The van der Waals surface area contributed by atoms with Gasteiger partial charge >= 0.3 is 0 Å². The van der Waals surface area contributed by atoms with E-state index in [0.29, 0.717) is 12.2 Å². The minimum absolute atomic E-state index is 0.202. The van der Waals surface area contributed by atoms with E-state index in [-0.39, 0.29) is 17.2 Å². The van der Waals surface area contributed by atoms with E-state index in [2.05, 4.69) is 15.4 Å². The Hall–Kier alpha value is -3.74. The van der Waals surface area contributed by atoms with Crippen LogP contribution in [0.2, 0.25) is 0 Å². The quantitative estimate of drug-likeness (QED) is 0.548. The van der Waals surface area contributed by atoms with Crippen molar-refractivity contribution in [3.05, 3.63) is 83.0 Å². The molecule has 0 saturated carbocycles. The van der Waals surface area contributed by atoms with Gasteiger partial charge in [0.15, 0.2) is 0 Å². The van der Waals surface area contributed by atoms with Crippen molar-refractivity contribution in [3.63, 3.8) is 0 Å². The summed E-state index contributed by atoms with van der Waals surface area (Å²) < 4.78 is 3.33. The molecule has 0 spiro atoms. The molecule has 0 aliphatic carbocycles. The topological polar surface area (TPSA) is 81.8 Å². The fraction of sp³-hybridized carbons (Fsp3) is 0.182. The summed E-state index contributed by atoms with van der Waals surface area (Å²) in [5.41, 5.74) is 3.55. The van der Waals surface area contributed by atoms with Crippen molar-refractivity contribution in [1.82, 2.24) is 19.3 Å². The lowest BCUT2D eigenvalue weighted by Gasteiger charge is -2.09. The maximum absolute atomic E-state index is 12.5. The molecule has 2 heterocycles. The molecule has 29 heavy (non-hydrogen) atoms. The van der Waals surface area contributed by atoms with Gasteiger partial charge in [-0.3, -0.25) is 14.2 Å². The smallest absolute Gasteiger partial charge is 0.276 e. The number of anilines is 1. The fourth-order valence-corrected chi connectivity index (χ4v) is 3.10. The Balaban J connectivity index is 1.52. The zero-order valence-corrected chi connectivity index (χ0v) is 16.1. The lowest BCUT2D eigenvalue weighted by Crippen LogP contribution is -2.26. The highest BCUT2D eigenvalue weighted by atomic mass is 16.2. The second-order valence-electron chi connectivity index (χ2n) is 6.74. The maximum Gasteiger partial charge on any atom is 0.276 e. The predicted octanol–water partition coefficient (Wildman–Crippen LogP) is 3.63. The molecule has 0 atom stereocenters. The van der Waals surface area contributed by atoms with Gasteiger partial charge in [0.25, 0.3) is 11.5 Å². The van der Waals surface area contributed by atoms with Crippen LogP contribution in [0.25, 0.3) is 16.7 Å². The summed E-state index contributed by atoms with van der Waals surface area (Å²) in [5, 5.41) is 7.01. The molecule has 0 fully saturated rings. The van der Waals surface area contributed by atoms with E-state index in [4.69, 9.17) is 0 Å². The number of carbonyl (C=O) groups is 1. The van der Waals surface area contributed by atoms with E-state index in [1.54, 1.807) is 6.33 Å². The van der Waals surface area contributed by atoms with Gasteiger partial charge in [-0.05, 0) is 48.9 Å². The van der Waals surface area contributed by atoms with Crippen LogP contribution in [0.3, 0.4) is 0 Å². The molecule has 0 aliphatic rings. The number of fused-ring (bicyclic) bond motifs is 1. The highest BCUT2D eigenvalue weighted by Crippen LogP contribution is 2.19. The summed E-state index contributed by atoms with van der Waals surface area (Å²) in [6.07, 6.45) is 3.56. The van der Waals surface area contributed by atoms with E-state index in [1.165, 1.54) is 16.8 Å². The molecule has 2 aromatic carbocycles. The Kier molecular flexibility index (Phi) is 5.20. The molecular formula is C22H21N5O2. The minimum atomic E-state index is -0.351. The van der Waals surface area contributed by atoms with Gasteiger partial charge < -0.3 is 5.32 Å². The van der Waals surface area contributed by atoms with E-state index in [1.807, 2.05) is 60.0 Å². The van der Waals surface area contributed by atoms with Crippen LogP contribution in [-0.4, -0.2) is 25.2 Å². The third-order valence-electron chi connectivity index (χ3n) is 4.68. The van der Waals surface area contributed by atoms with Crippen molar-refractivity contribution in [2.45, 2.75) is 26.3 Å². The number of imidazole rings is 1. The normalized spacial score (nSPS) is 10.9. The number of aryl methyl sites for hydroxylation is 1. The zero-order chi connectivity index (χ0) is 20.2. The molecule has 0 radical (unpaired) electrons. The SMILES string of the molecule is CCCCn1nc(C(=O)Nc2ccc(-n3cnc4ccccc43)cc2)ccc1=O. The summed E-state index contributed by atoms with van der Waals surface area (Å²) in [4.78, 5) is 28.8. The number of rotatable bonds is 6. The van der Waals surface area contributed by atoms with Crippen molar-refractivity contribution in [3.8, 4) is 5.69 Å². The van der Waals surface area contributed by atoms with Gasteiger partial charge in [0, 0.05) is 24.0 Å². The van der Waals surface area contributed by atoms with Crippen LogP contribution in [0, 0.1) is 0 Å². The number of para-hydroxylation sites is 2. The average molecular weight is 387 g/mol. The number of nitrogens with one attached hydrogen (secondary N) is 1.